The van der Waals surface area contributed by atoms with Gasteiger partial charge in [0.25, 0.3) is 0 Å². The van der Waals surface area contributed by atoms with E-state index in [1.165, 1.54) is 4.90 Å². The number of carbonyl (C=O) groups excluding carboxylic acids is 2. The lowest BCUT2D eigenvalue weighted by Gasteiger charge is -2.37. The first kappa shape index (κ1) is 15.9. The molecular weight excluding hydrogens is 294 g/mol. The first-order valence-electron chi connectivity index (χ1n) is 8.15. The van der Waals surface area contributed by atoms with Crippen LogP contribution in [0.1, 0.15) is 24.7 Å². The molecule has 2 amide bonds. The summed E-state index contributed by atoms with van der Waals surface area (Å²) < 4.78 is 0. The van der Waals surface area contributed by atoms with Crippen LogP contribution in [0.5, 0.6) is 0 Å². The molecule has 0 spiro atoms. The minimum atomic E-state index is -0.287. The maximum atomic E-state index is 12.3. The highest BCUT2D eigenvalue weighted by Crippen LogP contribution is 2.21. The second-order valence-electron chi connectivity index (χ2n) is 6.17. The van der Waals surface area contributed by atoms with Crippen molar-refractivity contribution >= 4 is 17.8 Å². The Hall–Kier alpha value is -2.02. The Kier molecular flexibility index (Phi) is 4.30. The van der Waals surface area contributed by atoms with Gasteiger partial charge in [-0.15, -0.1) is 0 Å². The number of anilines is 1. The molecule has 2 aliphatic rings. The molecule has 23 heavy (non-hydrogen) atoms. The molecule has 0 N–H and O–H groups in total. The van der Waals surface area contributed by atoms with Gasteiger partial charge in [-0.05, 0) is 26.8 Å². The fraction of sp³-hybridized carbons (Fsp3) is 0.625. The Morgan fingerprint density at radius 1 is 1.09 bits per heavy atom. The zero-order chi connectivity index (χ0) is 16.6. The molecule has 3 heterocycles. The predicted molar refractivity (Wildman–Crippen MR) is 86.1 cm³/mol. The van der Waals surface area contributed by atoms with Crippen LogP contribution in [-0.2, 0) is 9.59 Å². The maximum absolute atomic E-state index is 12.3. The van der Waals surface area contributed by atoms with Crippen LogP contribution >= 0.6 is 0 Å². The van der Waals surface area contributed by atoms with E-state index in [4.69, 9.17) is 0 Å². The molecule has 2 saturated heterocycles. The van der Waals surface area contributed by atoms with Gasteiger partial charge in [0.1, 0.15) is 0 Å². The Labute approximate surface area is 136 Å². The lowest BCUT2D eigenvalue weighted by molar-refractivity contribution is -0.139. The number of likely N-dealkylation sites (tertiary alicyclic amines) is 1. The van der Waals surface area contributed by atoms with Crippen molar-refractivity contribution in [3.63, 3.8) is 0 Å². The molecule has 7 nitrogen and oxygen atoms in total. The topological polar surface area (TPSA) is 69.6 Å². The van der Waals surface area contributed by atoms with Crippen molar-refractivity contribution < 1.29 is 9.59 Å². The molecule has 124 valence electrons. The number of aromatic nitrogens is 2. The molecule has 3 rings (SSSR count). The van der Waals surface area contributed by atoms with Crippen LogP contribution in [0.2, 0.25) is 0 Å². The quantitative estimate of drug-likeness (QED) is 0.750. The molecule has 7 heteroatoms. The van der Waals surface area contributed by atoms with Crippen LogP contribution in [0.15, 0.2) is 6.07 Å². The predicted octanol–water partition coefficient (Wildman–Crippen LogP) is 0.363. The van der Waals surface area contributed by atoms with Gasteiger partial charge in [-0.25, -0.2) is 9.97 Å². The average Bonchev–Trinajstić information content (AvgIpc) is 2.80. The number of amides is 2. The van der Waals surface area contributed by atoms with Crippen LogP contribution < -0.4 is 4.90 Å². The number of piperazine rings is 1. The van der Waals surface area contributed by atoms with Crippen molar-refractivity contribution in [1.29, 1.82) is 0 Å². The molecule has 2 fully saturated rings. The summed E-state index contributed by atoms with van der Waals surface area (Å²) >= 11 is 0. The molecule has 1 aromatic rings. The molecule has 0 unspecified atom stereocenters. The number of imide groups is 1. The van der Waals surface area contributed by atoms with E-state index in [-0.39, 0.29) is 17.9 Å². The average molecular weight is 317 g/mol. The second-order valence-corrected chi connectivity index (χ2v) is 6.17. The lowest BCUT2D eigenvalue weighted by Crippen LogP contribution is -2.53. The van der Waals surface area contributed by atoms with Crippen molar-refractivity contribution in [3.05, 3.63) is 17.5 Å². The third kappa shape index (κ3) is 3.06. The minimum absolute atomic E-state index is 0.0476. The van der Waals surface area contributed by atoms with Crippen molar-refractivity contribution in [1.82, 2.24) is 19.8 Å². The van der Waals surface area contributed by atoms with Crippen LogP contribution in [0.4, 0.5) is 5.95 Å². The summed E-state index contributed by atoms with van der Waals surface area (Å²) in [5.74, 6) is 0.655. The van der Waals surface area contributed by atoms with Crippen molar-refractivity contribution in [2.75, 3.05) is 37.6 Å². The summed E-state index contributed by atoms with van der Waals surface area (Å²) in [7, 11) is 0. The van der Waals surface area contributed by atoms with E-state index in [0.29, 0.717) is 13.0 Å². The highest BCUT2D eigenvalue weighted by atomic mass is 16.2. The number of hydrogen-bond donors (Lipinski definition) is 0. The summed E-state index contributed by atoms with van der Waals surface area (Å²) in [6.07, 6.45) is 0.312. The highest BCUT2D eigenvalue weighted by molar-refractivity contribution is 6.05. The number of likely N-dealkylation sites (N-methyl/N-ethyl adjacent to an activating group) is 1. The van der Waals surface area contributed by atoms with E-state index in [1.54, 1.807) is 0 Å². The maximum Gasteiger partial charge on any atom is 0.247 e. The Bertz CT molecular complexity index is 605. The largest absolute Gasteiger partial charge is 0.338 e. The van der Waals surface area contributed by atoms with Crippen LogP contribution in [0, 0.1) is 13.8 Å². The first-order valence-corrected chi connectivity index (χ1v) is 8.15. The zero-order valence-corrected chi connectivity index (χ0v) is 13.9. The van der Waals surface area contributed by atoms with Gasteiger partial charge in [-0.1, -0.05) is 0 Å². The minimum Gasteiger partial charge on any atom is -0.338 e. The van der Waals surface area contributed by atoms with E-state index < -0.39 is 0 Å². The summed E-state index contributed by atoms with van der Waals surface area (Å²) in [5.41, 5.74) is 1.93. The number of nitrogens with zero attached hydrogens (tertiary/aromatic N) is 5. The number of aryl methyl sites for hydroxylation is 2. The van der Waals surface area contributed by atoms with Crippen LogP contribution in [0.3, 0.4) is 0 Å². The van der Waals surface area contributed by atoms with E-state index in [2.05, 4.69) is 19.8 Å². The Morgan fingerprint density at radius 3 is 2.22 bits per heavy atom. The van der Waals surface area contributed by atoms with Crippen molar-refractivity contribution in [3.8, 4) is 0 Å². The zero-order valence-electron chi connectivity index (χ0n) is 13.9. The van der Waals surface area contributed by atoms with Gasteiger partial charge in [0.05, 0.1) is 12.5 Å². The van der Waals surface area contributed by atoms with Gasteiger partial charge >= 0.3 is 0 Å². The summed E-state index contributed by atoms with van der Waals surface area (Å²) in [5, 5.41) is 0. The molecule has 1 atom stereocenters. The normalized spacial score (nSPS) is 23.0. The standard InChI is InChI=1S/C16H23N5O2/c1-4-21-14(22)10-13(15(21)23)19-5-7-20(8-6-19)16-17-11(2)9-12(3)18-16/h9,13H,4-8,10H2,1-3H3/t13-/m0/s1. The van der Waals surface area contributed by atoms with E-state index in [1.807, 2.05) is 26.8 Å². The number of rotatable bonds is 3. The molecule has 0 saturated carbocycles. The Morgan fingerprint density at radius 2 is 1.70 bits per heavy atom. The van der Waals surface area contributed by atoms with Gasteiger partial charge in [-0.3, -0.25) is 19.4 Å². The van der Waals surface area contributed by atoms with E-state index >= 15 is 0 Å². The van der Waals surface area contributed by atoms with Gasteiger partial charge < -0.3 is 4.90 Å². The lowest BCUT2D eigenvalue weighted by atomic mass is 10.2. The van der Waals surface area contributed by atoms with Gasteiger partial charge in [0.2, 0.25) is 17.8 Å². The van der Waals surface area contributed by atoms with Crippen molar-refractivity contribution in [2.24, 2.45) is 0 Å². The summed E-state index contributed by atoms with van der Waals surface area (Å²) in [4.78, 5) is 38.8. The third-order valence-electron chi connectivity index (χ3n) is 4.54. The fourth-order valence-corrected chi connectivity index (χ4v) is 3.37. The molecule has 0 aliphatic carbocycles. The number of hydrogen-bond acceptors (Lipinski definition) is 6. The summed E-state index contributed by atoms with van der Waals surface area (Å²) in [6, 6.07) is 1.67. The molecule has 2 aliphatic heterocycles. The molecule has 0 bridgehead atoms. The number of carbonyl (C=O) groups is 2. The highest BCUT2D eigenvalue weighted by Gasteiger charge is 2.41. The smallest absolute Gasteiger partial charge is 0.247 e. The van der Waals surface area contributed by atoms with E-state index in [9.17, 15) is 9.59 Å². The molecule has 0 radical (unpaired) electrons. The van der Waals surface area contributed by atoms with Crippen LogP contribution in [0.25, 0.3) is 0 Å². The van der Waals surface area contributed by atoms with Gasteiger partial charge in [0, 0.05) is 44.1 Å². The SMILES string of the molecule is CCN1C(=O)C[C@H](N2CCN(c3nc(C)cc(C)n3)CC2)C1=O. The monoisotopic (exact) mass is 317 g/mol. The van der Waals surface area contributed by atoms with Crippen LogP contribution in [-0.4, -0.2) is 70.3 Å². The van der Waals surface area contributed by atoms with Gasteiger partial charge in [-0.2, -0.15) is 0 Å². The molecular formula is C16H23N5O2. The van der Waals surface area contributed by atoms with Gasteiger partial charge in [0.15, 0.2) is 0 Å². The molecule has 1 aromatic heterocycles. The fourth-order valence-electron chi connectivity index (χ4n) is 3.37. The Balaban J connectivity index is 1.65. The van der Waals surface area contributed by atoms with Crippen molar-refractivity contribution in [2.45, 2.75) is 33.2 Å². The van der Waals surface area contributed by atoms with E-state index in [0.717, 1.165) is 43.5 Å². The third-order valence-corrected chi connectivity index (χ3v) is 4.54. The second kappa shape index (κ2) is 6.23. The molecule has 0 aromatic carbocycles. The summed E-state index contributed by atoms with van der Waals surface area (Å²) in [6.45, 7) is 9.28. The first-order chi connectivity index (χ1) is 11.0.